The number of nitrogens with one attached hydrogen (secondary N) is 2. The van der Waals surface area contributed by atoms with Crippen molar-refractivity contribution in [2.75, 3.05) is 10.0 Å². The molecule has 7 nitrogen and oxygen atoms in total. The summed E-state index contributed by atoms with van der Waals surface area (Å²) in [6.07, 6.45) is -0.550. The Bertz CT molecular complexity index is 1160. The van der Waals surface area contributed by atoms with Gasteiger partial charge in [0.15, 0.2) is 11.2 Å². The number of amides is 1. The monoisotopic (exact) mass is 435 g/mol. The van der Waals surface area contributed by atoms with Gasteiger partial charge in [-0.1, -0.05) is 11.6 Å². The highest BCUT2D eigenvalue weighted by Crippen LogP contribution is 2.35. The standard InChI is InChI=1S/C18H14ClN3O4S2/c1-10-17(23)20-14-8-11(2-7-16(14)26-10)15-9-27-18(21-15)22-28(24,25)13-5-3-12(19)4-6-13/h2-10H,1H3,(H,20,23)(H,21,22). The van der Waals surface area contributed by atoms with Gasteiger partial charge in [0, 0.05) is 16.0 Å². The van der Waals surface area contributed by atoms with Crippen LogP contribution in [-0.2, 0) is 14.8 Å². The van der Waals surface area contributed by atoms with Crippen LogP contribution in [0, 0.1) is 0 Å². The predicted molar refractivity (Wildman–Crippen MR) is 109 cm³/mol. The van der Waals surface area contributed by atoms with Crippen molar-refractivity contribution in [1.82, 2.24) is 4.98 Å². The zero-order chi connectivity index (χ0) is 19.9. The number of hydrogen-bond acceptors (Lipinski definition) is 6. The fraction of sp³-hybridized carbons (Fsp3) is 0.111. The summed E-state index contributed by atoms with van der Waals surface area (Å²) in [5, 5.41) is 5.20. The van der Waals surface area contributed by atoms with E-state index in [9.17, 15) is 13.2 Å². The minimum absolute atomic E-state index is 0.0939. The molecule has 1 aromatic heterocycles. The lowest BCUT2D eigenvalue weighted by Crippen LogP contribution is -2.34. The number of carbonyl (C=O) groups excluding carboxylic acids is 1. The molecule has 0 radical (unpaired) electrons. The molecule has 0 aliphatic carbocycles. The lowest BCUT2D eigenvalue weighted by molar-refractivity contribution is -0.122. The molecule has 0 spiro atoms. The first kappa shape index (κ1) is 18.7. The minimum Gasteiger partial charge on any atom is -0.479 e. The summed E-state index contributed by atoms with van der Waals surface area (Å²) in [6, 6.07) is 11.2. The van der Waals surface area contributed by atoms with Gasteiger partial charge in [-0.25, -0.2) is 13.4 Å². The first-order valence-corrected chi connectivity index (χ1v) is 10.9. The molecule has 0 saturated heterocycles. The van der Waals surface area contributed by atoms with E-state index in [-0.39, 0.29) is 15.9 Å². The summed E-state index contributed by atoms with van der Waals surface area (Å²) in [5.74, 6) is 0.356. The number of benzene rings is 2. The van der Waals surface area contributed by atoms with E-state index in [0.29, 0.717) is 22.2 Å². The molecule has 10 heteroatoms. The van der Waals surface area contributed by atoms with Gasteiger partial charge < -0.3 is 10.1 Å². The third-order valence-electron chi connectivity index (χ3n) is 4.06. The molecule has 4 rings (SSSR count). The molecule has 144 valence electrons. The second kappa shape index (κ2) is 7.08. The van der Waals surface area contributed by atoms with Crippen LogP contribution in [0.3, 0.4) is 0 Å². The van der Waals surface area contributed by atoms with Gasteiger partial charge in [0.1, 0.15) is 5.75 Å². The maximum Gasteiger partial charge on any atom is 0.265 e. The van der Waals surface area contributed by atoms with E-state index in [1.807, 2.05) is 0 Å². The molecule has 2 aromatic carbocycles. The number of anilines is 2. The van der Waals surface area contributed by atoms with Gasteiger partial charge in [0.05, 0.1) is 16.3 Å². The van der Waals surface area contributed by atoms with Gasteiger partial charge in [-0.2, -0.15) is 0 Å². The normalized spacial score (nSPS) is 16.1. The summed E-state index contributed by atoms with van der Waals surface area (Å²) in [4.78, 5) is 16.2. The molecule has 3 aromatic rings. The molecule has 2 N–H and O–H groups in total. The van der Waals surface area contributed by atoms with E-state index >= 15 is 0 Å². The maximum absolute atomic E-state index is 12.5. The number of aromatic nitrogens is 1. The van der Waals surface area contributed by atoms with Crippen molar-refractivity contribution in [1.29, 1.82) is 0 Å². The Morgan fingerprint density at radius 2 is 1.96 bits per heavy atom. The van der Waals surface area contributed by atoms with Crippen molar-refractivity contribution in [3.05, 3.63) is 52.9 Å². The number of carbonyl (C=O) groups is 1. The van der Waals surface area contributed by atoms with E-state index in [1.165, 1.54) is 24.3 Å². The molecular formula is C18H14ClN3O4S2. The van der Waals surface area contributed by atoms with Gasteiger partial charge in [0.25, 0.3) is 15.9 Å². The Kier molecular flexibility index (Phi) is 4.74. The van der Waals surface area contributed by atoms with Gasteiger partial charge >= 0.3 is 0 Å². The third-order valence-corrected chi connectivity index (χ3v) is 6.55. The average Bonchev–Trinajstić information content (AvgIpc) is 3.10. The highest BCUT2D eigenvalue weighted by atomic mass is 35.5. The Balaban J connectivity index is 1.57. The van der Waals surface area contributed by atoms with Crippen molar-refractivity contribution in [3.63, 3.8) is 0 Å². The van der Waals surface area contributed by atoms with Crippen LogP contribution in [0.15, 0.2) is 52.7 Å². The topological polar surface area (TPSA) is 97.4 Å². The van der Waals surface area contributed by atoms with Gasteiger partial charge in [-0.15, -0.1) is 11.3 Å². The van der Waals surface area contributed by atoms with E-state index in [0.717, 1.165) is 16.9 Å². The highest BCUT2D eigenvalue weighted by Gasteiger charge is 2.24. The predicted octanol–water partition coefficient (Wildman–Crippen LogP) is 3.98. The maximum atomic E-state index is 12.5. The van der Waals surface area contributed by atoms with Crippen molar-refractivity contribution < 1.29 is 17.9 Å². The Hall–Kier alpha value is -2.62. The second-order valence-corrected chi connectivity index (χ2v) is 9.03. The molecule has 2 heterocycles. The highest BCUT2D eigenvalue weighted by molar-refractivity contribution is 7.93. The van der Waals surface area contributed by atoms with Crippen LogP contribution in [0.5, 0.6) is 5.75 Å². The van der Waals surface area contributed by atoms with Crippen molar-refractivity contribution in [3.8, 4) is 17.0 Å². The molecule has 1 aliphatic rings. The largest absolute Gasteiger partial charge is 0.479 e. The van der Waals surface area contributed by atoms with E-state index in [4.69, 9.17) is 16.3 Å². The van der Waals surface area contributed by atoms with Crippen molar-refractivity contribution in [2.45, 2.75) is 17.9 Å². The van der Waals surface area contributed by atoms with Crippen LogP contribution < -0.4 is 14.8 Å². The molecule has 0 saturated carbocycles. The van der Waals surface area contributed by atoms with E-state index in [2.05, 4.69) is 15.0 Å². The van der Waals surface area contributed by atoms with Crippen LogP contribution in [0.4, 0.5) is 10.8 Å². The number of thiazole rings is 1. The Morgan fingerprint density at radius 3 is 2.71 bits per heavy atom. The van der Waals surface area contributed by atoms with Gasteiger partial charge in [0.2, 0.25) is 0 Å². The van der Waals surface area contributed by atoms with E-state index < -0.39 is 16.1 Å². The molecule has 1 unspecified atom stereocenters. The average molecular weight is 436 g/mol. The summed E-state index contributed by atoms with van der Waals surface area (Å²) in [6.45, 7) is 1.67. The SMILES string of the molecule is CC1Oc2ccc(-c3csc(NS(=O)(=O)c4ccc(Cl)cc4)n3)cc2NC1=O. The fourth-order valence-electron chi connectivity index (χ4n) is 2.61. The third kappa shape index (κ3) is 3.68. The Labute approximate surface area is 170 Å². The van der Waals surface area contributed by atoms with E-state index in [1.54, 1.807) is 30.5 Å². The zero-order valence-electron chi connectivity index (χ0n) is 14.5. The zero-order valence-corrected chi connectivity index (χ0v) is 16.9. The van der Waals surface area contributed by atoms with Crippen molar-refractivity contribution >= 4 is 49.7 Å². The lowest BCUT2D eigenvalue weighted by atomic mass is 10.1. The summed E-state index contributed by atoms with van der Waals surface area (Å²) in [7, 11) is -3.76. The lowest BCUT2D eigenvalue weighted by Gasteiger charge is -2.23. The summed E-state index contributed by atoms with van der Waals surface area (Å²) in [5.41, 5.74) is 1.86. The first-order valence-electron chi connectivity index (χ1n) is 8.18. The number of halogens is 1. The summed E-state index contributed by atoms with van der Waals surface area (Å²) >= 11 is 6.96. The molecular weight excluding hydrogens is 422 g/mol. The number of fused-ring (bicyclic) bond motifs is 1. The van der Waals surface area contributed by atoms with Gasteiger partial charge in [-0.05, 0) is 49.4 Å². The minimum atomic E-state index is -3.76. The molecule has 1 atom stereocenters. The Morgan fingerprint density at radius 1 is 1.21 bits per heavy atom. The number of nitrogens with zero attached hydrogens (tertiary/aromatic N) is 1. The molecule has 28 heavy (non-hydrogen) atoms. The first-order chi connectivity index (χ1) is 13.3. The van der Waals surface area contributed by atoms with Crippen LogP contribution in [0.1, 0.15) is 6.92 Å². The quantitative estimate of drug-likeness (QED) is 0.645. The van der Waals surface area contributed by atoms with Crippen LogP contribution in [0.2, 0.25) is 5.02 Å². The second-order valence-electron chi connectivity index (χ2n) is 6.06. The number of sulfonamides is 1. The number of rotatable bonds is 4. The number of ether oxygens (including phenoxy) is 1. The fourth-order valence-corrected chi connectivity index (χ4v) is 4.71. The van der Waals surface area contributed by atoms with Crippen LogP contribution >= 0.6 is 22.9 Å². The van der Waals surface area contributed by atoms with Gasteiger partial charge in [-0.3, -0.25) is 9.52 Å². The number of hydrogen-bond donors (Lipinski definition) is 2. The van der Waals surface area contributed by atoms with Crippen LogP contribution in [-0.4, -0.2) is 25.4 Å². The molecule has 0 bridgehead atoms. The smallest absolute Gasteiger partial charge is 0.265 e. The molecule has 0 fully saturated rings. The summed E-state index contributed by atoms with van der Waals surface area (Å²) < 4.78 is 32.9. The molecule has 1 aliphatic heterocycles. The van der Waals surface area contributed by atoms with Crippen LogP contribution in [0.25, 0.3) is 11.3 Å². The van der Waals surface area contributed by atoms with Crippen molar-refractivity contribution in [2.24, 2.45) is 0 Å². The molecule has 1 amide bonds.